The van der Waals surface area contributed by atoms with Gasteiger partial charge in [0.25, 0.3) is 0 Å². The van der Waals surface area contributed by atoms with E-state index in [2.05, 4.69) is 5.32 Å². The fourth-order valence-electron chi connectivity index (χ4n) is 2.22. The molecule has 0 saturated heterocycles. The van der Waals surface area contributed by atoms with E-state index in [9.17, 15) is 9.36 Å². The molecule has 2 rings (SSSR count). The van der Waals surface area contributed by atoms with Gasteiger partial charge < -0.3 is 14.4 Å². The molecule has 6 heteroatoms. The zero-order valence-electron chi connectivity index (χ0n) is 13.8. The van der Waals surface area contributed by atoms with Gasteiger partial charge in [-0.3, -0.25) is 4.79 Å². The van der Waals surface area contributed by atoms with Crippen LogP contribution in [0, 0.1) is 5.92 Å². The Labute approximate surface area is 142 Å². The normalized spacial score (nSPS) is 12.5. The summed E-state index contributed by atoms with van der Waals surface area (Å²) in [6, 6.07) is 17.6. The summed E-state index contributed by atoms with van der Waals surface area (Å²) in [5.41, 5.74) is 0. The van der Waals surface area contributed by atoms with Crippen LogP contribution >= 0.6 is 7.60 Å². The monoisotopic (exact) mass is 347 g/mol. The number of benzene rings is 2. The van der Waals surface area contributed by atoms with Crippen molar-refractivity contribution >= 4 is 14.0 Å². The fourth-order valence-corrected chi connectivity index (χ4v) is 4.26. The molecule has 0 heterocycles. The Balaban J connectivity index is 2.34. The van der Waals surface area contributed by atoms with E-state index in [0.29, 0.717) is 24.3 Å². The van der Waals surface area contributed by atoms with Crippen molar-refractivity contribution in [3.8, 4) is 11.5 Å². The second-order valence-corrected chi connectivity index (χ2v) is 7.85. The van der Waals surface area contributed by atoms with Crippen LogP contribution in [0.15, 0.2) is 60.7 Å². The molecule has 0 aliphatic rings. The Hall–Kier alpha value is -2.26. The number of carbonyl (C=O) groups excluding carboxylic acids is 1. The standard InChI is InChI=1S/C18H22NO4P/c1-15(2)13-18(19-14-20)24(21,22-16-9-5-3-6-10-16)23-17-11-7-4-8-12-17/h3-12,14-15,18H,13H2,1-2H3,(H,19,20). The third kappa shape index (κ3) is 5.14. The maximum Gasteiger partial charge on any atom is 0.452 e. The molecule has 0 spiro atoms. The molecule has 0 aliphatic heterocycles. The first-order chi connectivity index (χ1) is 11.5. The van der Waals surface area contributed by atoms with Crippen LogP contribution in [0.2, 0.25) is 0 Å². The zero-order chi connectivity index (χ0) is 17.4. The molecule has 2 aromatic carbocycles. The third-order valence-corrected chi connectivity index (χ3v) is 5.34. The second kappa shape index (κ2) is 8.55. The lowest BCUT2D eigenvalue weighted by atomic mass is 10.1. The van der Waals surface area contributed by atoms with E-state index in [1.165, 1.54) is 0 Å². The molecule has 0 fully saturated rings. The molecule has 1 unspecified atom stereocenters. The van der Waals surface area contributed by atoms with Crippen LogP contribution in [0.1, 0.15) is 20.3 Å². The van der Waals surface area contributed by atoms with E-state index in [0.717, 1.165) is 0 Å². The average Bonchev–Trinajstić information content (AvgIpc) is 2.56. The Morgan fingerprint density at radius 1 is 0.958 bits per heavy atom. The first kappa shape index (κ1) is 18.1. The van der Waals surface area contributed by atoms with Crippen LogP contribution in [0.5, 0.6) is 11.5 Å². The van der Waals surface area contributed by atoms with Crippen LogP contribution in [0.4, 0.5) is 0 Å². The Kier molecular flexibility index (Phi) is 6.44. The van der Waals surface area contributed by atoms with Gasteiger partial charge in [0.1, 0.15) is 11.5 Å². The van der Waals surface area contributed by atoms with Gasteiger partial charge >= 0.3 is 7.60 Å². The minimum Gasteiger partial charge on any atom is -0.415 e. The summed E-state index contributed by atoms with van der Waals surface area (Å²) in [5, 5.41) is 2.60. The van der Waals surface area contributed by atoms with Crippen molar-refractivity contribution in [1.29, 1.82) is 0 Å². The first-order valence-corrected chi connectivity index (χ1v) is 9.43. The highest BCUT2D eigenvalue weighted by Gasteiger charge is 2.39. The van der Waals surface area contributed by atoms with E-state index in [4.69, 9.17) is 9.05 Å². The fraction of sp³-hybridized carbons (Fsp3) is 0.278. The smallest absolute Gasteiger partial charge is 0.415 e. The van der Waals surface area contributed by atoms with Gasteiger partial charge in [0.15, 0.2) is 5.78 Å². The molecule has 2 aromatic rings. The number of rotatable bonds is 9. The van der Waals surface area contributed by atoms with E-state index in [1.807, 2.05) is 26.0 Å². The van der Waals surface area contributed by atoms with Gasteiger partial charge in [0.05, 0.1) is 0 Å². The van der Waals surface area contributed by atoms with Crippen LogP contribution in [-0.2, 0) is 9.36 Å². The molecule has 0 aliphatic carbocycles. The number of hydrogen-bond donors (Lipinski definition) is 1. The molecule has 1 amide bonds. The number of carbonyl (C=O) groups is 1. The van der Waals surface area contributed by atoms with E-state index >= 15 is 0 Å². The Bertz CT molecular complexity index is 630. The Morgan fingerprint density at radius 2 is 1.42 bits per heavy atom. The van der Waals surface area contributed by atoms with E-state index in [-0.39, 0.29) is 5.92 Å². The first-order valence-electron chi connectivity index (χ1n) is 7.82. The number of nitrogens with one attached hydrogen (secondary N) is 1. The van der Waals surface area contributed by atoms with Crippen molar-refractivity contribution in [3.05, 3.63) is 60.7 Å². The second-order valence-electron chi connectivity index (χ2n) is 5.78. The van der Waals surface area contributed by atoms with Crippen molar-refractivity contribution in [1.82, 2.24) is 5.32 Å². The molecular formula is C18H22NO4P. The van der Waals surface area contributed by atoms with Gasteiger partial charge in [-0.05, 0) is 36.6 Å². The molecule has 0 saturated carbocycles. The topological polar surface area (TPSA) is 64.6 Å². The lowest BCUT2D eigenvalue weighted by Gasteiger charge is -2.28. The lowest BCUT2D eigenvalue weighted by Crippen LogP contribution is -2.32. The molecule has 0 bridgehead atoms. The number of hydrogen-bond acceptors (Lipinski definition) is 4. The quantitative estimate of drug-likeness (QED) is 0.537. The van der Waals surface area contributed by atoms with Crippen LogP contribution in [-0.4, -0.2) is 12.2 Å². The minimum atomic E-state index is -3.69. The molecule has 1 N–H and O–H groups in total. The van der Waals surface area contributed by atoms with Gasteiger partial charge in [-0.25, -0.2) is 4.57 Å². The molecule has 0 aromatic heterocycles. The summed E-state index contributed by atoms with van der Waals surface area (Å²) < 4.78 is 25.0. The van der Waals surface area contributed by atoms with Crippen molar-refractivity contribution < 1.29 is 18.4 Å². The maximum absolute atomic E-state index is 13.5. The zero-order valence-corrected chi connectivity index (χ0v) is 14.7. The highest BCUT2D eigenvalue weighted by molar-refractivity contribution is 7.55. The molecule has 0 radical (unpaired) electrons. The van der Waals surface area contributed by atoms with E-state index in [1.54, 1.807) is 48.5 Å². The highest BCUT2D eigenvalue weighted by atomic mass is 31.2. The van der Waals surface area contributed by atoms with Gasteiger partial charge in [-0.15, -0.1) is 0 Å². The van der Waals surface area contributed by atoms with Gasteiger partial charge in [-0.1, -0.05) is 50.2 Å². The van der Waals surface area contributed by atoms with Gasteiger partial charge in [0.2, 0.25) is 6.41 Å². The van der Waals surface area contributed by atoms with Crippen LogP contribution < -0.4 is 14.4 Å². The molecular weight excluding hydrogens is 325 g/mol. The number of amides is 1. The molecule has 24 heavy (non-hydrogen) atoms. The summed E-state index contributed by atoms with van der Waals surface area (Å²) in [6.45, 7) is 3.96. The van der Waals surface area contributed by atoms with E-state index < -0.39 is 13.4 Å². The largest absolute Gasteiger partial charge is 0.452 e. The molecule has 5 nitrogen and oxygen atoms in total. The molecule has 1 atom stereocenters. The summed E-state index contributed by atoms with van der Waals surface area (Å²) in [7, 11) is -3.69. The lowest BCUT2D eigenvalue weighted by molar-refractivity contribution is -0.109. The van der Waals surface area contributed by atoms with Crippen LogP contribution in [0.25, 0.3) is 0 Å². The van der Waals surface area contributed by atoms with Crippen molar-refractivity contribution in [3.63, 3.8) is 0 Å². The maximum atomic E-state index is 13.5. The molecule has 128 valence electrons. The average molecular weight is 347 g/mol. The van der Waals surface area contributed by atoms with Crippen molar-refractivity contribution in [2.45, 2.75) is 26.1 Å². The van der Waals surface area contributed by atoms with Crippen molar-refractivity contribution in [2.24, 2.45) is 5.92 Å². The van der Waals surface area contributed by atoms with Crippen LogP contribution in [0.3, 0.4) is 0 Å². The summed E-state index contributed by atoms with van der Waals surface area (Å²) in [5.74, 6) is 0.321. The summed E-state index contributed by atoms with van der Waals surface area (Å²) >= 11 is 0. The summed E-state index contributed by atoms with van der Waals surface area (Å²) in [4.78, 5) is 11.0. The van der Waals surface area contributed by atoms with Gasteiger partial charge in [0, 0.05) is 0 Å². The number of para-hydroxylation sites is 2. The van der Waals surface area contributed by atoms with Crippen molar-refractivity contribution in [2.75, 3.05) is 0 Å². The third-order valence-electron chi connectivity index (χ3n) is 3.29. The SMILES string of the molecule is CC(C)CC(NC=O)P(=O)(Oc1ccccc1)Oc1ccccc1. The minimum absolute atomic E-state index is 0.203. The predicted molar refractivity (Wildman–Crippen MR) is 94.2 cm³/mol. The predicted octanol–water partition coefficient (Wildman–Crippen LogP) is 4.46. The highest BCUT2D eigenvalue weighted by Crippen LogP contribution is 2.53. The Morgan fingerprint density at radius 3 is 1.79 bits per heavy atom. The van der Waals surface area contributed by atoms with Gasteiger partial charge in [-0.2, -0.15) is 0 Å². The summed E-state index contributed by atoms with van der Waals surface area (Å²) in [6.07, 6.45) is 0.998.